The highest BCUT2D eigenvalue weighted by Crippen LogP contribution is 2.46. The van der Waals surface area contributed by atoms with Gasteiger partial charge in [0.1, 0.15) is 5.75 Å². The van der Waals surface area contributed by atoms with Crippen molar-refractivity contribution in [2.75, 3.05) is 41.5 Å². The minimum atomic E-state index is -0.782. The Kier molecular flexibility index (Phi) is 13.4. The summed E-state index contributed by atoms with van der Waals surface area (Å²) in [5.41, 5.74) is 2.90. The third-order valence-electron chi connectivity index (χ3n) is 9.52. The van der Waals surface area contributed by atoms with Crippen molar-refractivity contribution in [3.05, 3.63) is 41.0 Å². The molecule has 0 bridgehead atoms. The first kappa shape index (κ1) is 35.8. The van der Waals surface area contributed by atoms with E-state index in [4.69, 9.17) is 14.2 Å². The summed E-state index contributed by atoms with van der Waals surface area (Å²) in [6, 6.07) is 6.97. The molecule has 236 valence electrons. The largest absolute Gasteiger partial charge is 0.497 e. The number of hydrogen-bond acceptors (Lipinski definition) is 6. The molecule has 1 saturated carbocycles. The SMILES string of the molecule is COc1cc(CC2(C)CCCC2=CC[C@@](C)(O)CC(C)OC)cc(C(C)C[C@H](OCC(C)N(C)C)C(C)(C)CO)c1. The van der Waals surface area contributed by atoms with Crippen molar-refractivity contribution in [2.24, 2.45) is 10.8 Å². The number of hydrogen-bond donors (Lipinski definition) is 2. The summed E-state index contributed by atoms with van der Waals surface area (Å²) in [6.45, 7) is 15.6. The van der Waals surface area contributed by atoms with Crippen LogP contribution in [0.2, 0.25) is 0 Å². The Bertz CT molecular complexity index is 971. The van der Waals surface area contributed by atoms with Crippen LogP contribution in [0.3, 0.4) is 0 Å². The molecule has 4 unspecified atom stereocenters. The van der Waals surface area contributed by atoms with Crippen LogP contribution in [0.4, 0.5) is 0 Å². The Labute approximate surface area is 251 Å². The van der Waals surface area contributed by atoms with Crippen LogP contribution in [0, 0.1) is 10.8 Å². The molecule has 0 aromatic heterocycles. The molecule has 0 saturated heterocycles. The topological polar surface area (TPSA) is 71.4 Å². The van der Waals surface area contributed by atoms with Crippen molar-refractivity contribution in [2.45, 2.75) is 123 Å². The zero-order valence-corrected chi connectivity index (χ0v) is 28.0. The Morgan fingerprint density at radius 2 is 1.78 bits per heavy atom. The maximum absolute atomic E-state index is 11.0. The average molecular weight is 576 g/mol. The van der Waals surface area contributed by atoms with Gasteiger partial charge in [0, 0.05) is 25.0 Å². The monoisotopic (exact) mass is 575 g/mol. The van der Waals surface area contributed by atoms with Crippen LogP contribution in [-0.2, 0) is 15.9 Å². The molecule has 41 heavy (non-hydrogen) atoms. The molecule has 0 radical (unpaired) electrons. The second-order valence-electron chi connectivity index (χ2n) is 14.3. The lowest BCUT2D eigenvalue weighted by Crippen LogP contribution is -2.39. The van der Waals surface area contributed by atoms with E-state index in [9.17, 15) is 10.2 Å². The lowest BCUT2D eigenvalue weighted by atomic mass is 9.76. The Hall–Kier alpha value is -1.44. The van der Waals surface area contributed by atoms with Crippen molar-refractivity contribution in [1.29, 1.82) is 0 Å². The van der Waals surface area contributed by atoms with E-state index in [1.165, 1.54) is 23.1 Å². The Morgan fingerprint density at radius 3 is 2.37 bits per heavy atom. The highest BCUT2D eigenvalue weighted by atomic mass is 16.5. The number of ether oxygens (including phenoxy) is 3. The summed E-state index contributed by atoms with van der Waals surface area (Å²) >= 11 is 0. The Morgan fingerprint density at radius 1 is 1.10 bits per heavy atom. The van der Waals surface area contributed by atoms with E-state index >= 15 is 0 Å². The molecule has 2 rings (SSSR count). The third kappa shape index (κ3) is 10.7. The van der Waals surface area contributed by atoms with Crippen LogP contribution in [-0.4, -0.2) is 80.5 Å². The van der Waals surface area contributed by atoms with Crippen LogP contribution < -0.4 is 4.74 Å². The number of rotatable bonds is 17. The third-order valence-corrected chi connectivity index (χ3v) is 9.52. The molecule has 6 nitrogen and oxygen atoms in total. The fourth-order valence-corrected chi connectivity index (χ4v) is 6.03. The maximum Gasteiger partial charge on any atom is 0.119 e. The number of allylic oxidation sites excluding steroid dienone is 1. The lowest BCUT2D eigenvalue weighted by molar-refractivity contribution is -0.0680. The van der Waals surface area contributed by atoms with Gasteiger partial charge < -0.3 is 29.3 Å². The summed E-state index contributed by atoms with van der Waals surface area (Å²) in [5, 5.41) is 21.1. The van der Waals surface area contributed by atoms with E-state index in [2.05, 4.69) is 77.9 Å². The number of nitrogens with zero attached hydrogens (tertiary/aromatic N) is 1. The van der Waals surface area contributed by atoms with Crippen molar-refractivity contribution in [3.8, 4) is 5.75 Å². The molecular formula is C35H61NO5. The first-order valence-electron chi connectivity index (χ1n) is 15.6. The second-order valence-corrected chi connectivity index (χ2v) is 14.3. The molecule has 6 heteroatoms. The smallest absolute Gasteiger partial charge is 0.119 e. The van der Waals surface area contributed by atoms with Gasteiger partial charge in [-0.1, -0.05) is 45.4 Å². The summed E-state index contributed by atoms with van der Waals surface area (Å²) in [4.78, 5) is 2.16. The zero-order valence-electron chi connectivity index (χ0n) is 28.0. The molecule has 1 aliphatic rings. The van der Waals surface area contributed by atoms with Crippen LogP contribution in [0.25, 0.3) is 0 Å². The highest BCUT2D eigenvalue weighted by molar-refractivity contribution is 5.38. The Balaban J connectivity index is 2.26. The second kappa shape index (κ2) is 15.3. The van der Waals surface area contributed by atoms with Crippen LogP contribution in [0.1, 0.15) is 104 Å². The summed E-state index contributed by atoms with van der Waals surface area (Å²) in [6.07, 6.45) is 8.66. The molecule has 1 aromatic carbocycles. The number of methoxy groups -OCH3 is 2. The quantitative estimate of drug-likeness (QED) is 0.200. The maximum atomic E-state index is 11.0. The van der Waals surface area contributed by atoms with Gasteiger partial charge in [-0.3, -0.25) is 0 Å². The minimum Gasteiger partial charge on any atom is -0.497 e. The van der Waals surface area contributed by atoms with Crippen LogP contribution in [0.15, 0.2) is 29.8 Å². The molecule has 1 fully saturated rings. The van der Waals surface area contributed by atoms with Gasteiger partial charge in [0.2, 0.25) is 0 Å². The molecule has 0 spiro atoms. The van der Waals surface area contributed by atoms with Gasteiger partial charge in [-0.05, 0) is 108 Å². The van der Waals surface area contributed by atoms with Gasteiger partial charge >= 0.3 is 0 Å². The molecule has 1 aliphatic carbocycles. The van der Waals surface area contributed by atoms with Crippen LogP contribution >= 0.6 is 0 Å². The number of benzene rings is 1. The van der Waals surface area contributed by atoms with Gasteiger partial charge in [-0.15, -0.1) is 0 Å². The van der Waals surface area contributed by atoms with Gasteiger partial charge in [0.25, 0.3) is 0 Å². The summed E-state index contributed by atoms with van der Waals surface area (Å²) in [7, 11) is 7.57. The van der Waals surface area contributed by atoms with E-state index in [0.29, 0.717) is 25.5 Å². The lowest BCUT2D eigenvalue weighted by Gasteiger charge is -2.36. The van der Waals surface area contributed by atoms with Gasteiger partial charge in [0.15, 0.2) is 0 Å². The van der Waals surface area contributed by atoms with E-state index in [1.54, 1.807) is 14.2 Å². The van der Waals surface area contributed by atoms with E-state index < -0.39 is 5.60 Å². The summed E-state index contributed by atoms with van der Waals surface area (Å²) < 4.78 is 17.6. The first-order valence-corrected chi connectivity index (χ1v) is 15.6. The molecule has 0 heterocycles. The molecule has 2 N–H and O–H groups in total. The van der Waals surface area contributed by atoms with E-state index in [-0.39, 0.29) is 35.6 Å². The minimum absolute atomic E-state index is 0.0277. The average Bonchev–Trinajstić information content (AvgIpc) is 3.28. The highest BCUT2D eigenvalue weighted by Gasteiger charge is 2.35. The number of aliphatic hydroxyl groups excluding tert-OH is 1. The fraction of sp³-hybridized carbons (Fsp3) is 0.771. The number of likely N-dealkylation sites (N-methyl/N-ethyl adjacent to an activating group) is 1. The van der Waals surface area contributed by atoms with E-state index in [0.717, 1.165) is 31.4 Å². The van der Waals surface area contributed by atoms with E-state index in [1.807, 2.05) is 13.8 Å². The number of aliphatic hydroxyl groups is 2. The standard InChI is InChI=1S/C35H61NO5/c1-25(17-32(33(4,5)24-37)41-23-26(2)36(8)9)29-18-28(19-31(20-29)40-11)22-34(6)15-12-13-30(34)14-16-35(7,38)21-27(3)39-10/h14,18-20,25-27,32,37-38H,12-13,15-17,21-24H2,1-11H3/t25?,26?,27?,32-,34?,35+/m0/s1. The van der Waals surface area contributed by atoms with Crippen LogP contribution in [0.5, 0.6) is 5.75 Å². The van der Waals surface area contributed by atoms with Crippen molar-refractivity contribution in [3.63, 3.8) is 0 Å². The predicted octanol–water partition coefficient (Wildman–Crippen LogP) is 6.77. The van der Waals surface area contributed by atoms with Crippen molar-refractivity contribution >= 4 is 0 Å². The zero-order chi connectivity index (χ0) is 31.0. The molecule has 1 aromatic rings. The predicted molar refractivity (Wildman–Crippen MR) is 170 cm³/mol. The van der Waals surface area contributed by atoms with Gasteiger partial charge in [-0.2, -0.15) is 0 Å². The van der Waals surface area contributed by atoms with Gasteiger partial charge in [-0.25, -0.2) is 0 Å². The van der Waals surface area contributed by atoms with Gasteiger partial charge in [0.05, 0.1) is 38.1 Å². The van der Waals surface area contributed by atoms with Crippen molar-refractivity contribution < 1.29 is 24.4 Å². The normalized spacial score (nSPS) is 23.4. The summed E-state index contributed by atoms with van der Waals surface area (Å²) in [5.74, 6) is 1.12. The fourth-order valence-electron chi connectivity index (χ4n) is 6.03. The molecule has 6 atom stereocenters. The molecule has 0 amide bonds. The molecule has 0 aliphatic heterocycles. The first-order chi connectivity index (χ1) is 19.1. The van der Waals surface area contributed by atoms with Crippen molar-refractivity contribution in [1.82, 2.24) is 4.90 Å². The molecular weight excluding hydrogens is 514 g/mol.